The Morgan fingerprint density at radius 3 is 1.51 bits per heavy atom. The van der Waals surface area contributed by atoms with Crippen LogP contribution in [0.2, 0.25) is 0 Å². The fraction of sp³-hybridized carbons (Fsp3) is 0.569. The molecule has 10 nitrogen and oxygen atoms in total. The molecule has 1 amide bonds. The van der Waals surface area contributed by atoms with E-state index >= 15 is 0 Å². The lowest BCUT2D eigenvalue weighted by Gasteiger charge is -2.08. The quantitative estimate of drug-likeness (QED) is 0.0489. The van der Waals surface area contributed by atoms with Gasteiger partial charge in [-0.3, -0.25) is 9.59 Å². The molecule has 0 fully saturated rings. The Balaban J connectivity index is 1.34. The molecule has 0 saturated carbocycles. The van der Waals surface area contributed by atoms with E-state index in [0.29, 0.717) is 34.8 Å². The minimum Gasteiger partial charge on any atom is -0.481 e. The predicted octanol–water partition coefficient (Wildman–Crippen LogP) is 12.5. The number of aliphatic hydroxyl groups excluding tert-OH is 2. The Bertz CT molecular complexity index is 2220. The summed E-state index contributed by atoms with van der Waals surface area (Å²) in [5, 5.41) is 34.8. The van der Waals surface area contributed by atoms with E-state index in [0.717, 1.165) is 73.9 Å². The number of aliphatic carboxylic acids is 1. The SMILES string of the molecule is CCCCCCCCCCCCCCCCCCNC(=O)CC1=C(C)c2cc3[nH]c(cc4[nH]c(cc5nc(cc1n2)C(CCC(=O)O)=C5C)c(C)c4C(C)O)c(C)c3C(C)O. The van der Waals surface area contributed by atoms with Gasteiger partial charge in [-0.25, -0.2) is 9.97 Å². The summed E-state index contributed by atoms with van der Waals surface area (Å²) >= 11 is 0. The van der Waals surface area contributed by atoms with E-state index in [1.807, 2.05) is 52.0 Å². The third kappa shape index (κ3) is 12.8. The summed E-state index contributed by atoms with van der Waals surface area (Å²) in [5.74, 6) is -0.966. The van der Waals surface area contributed by atoms with Crippen LogP contribution in [0.4, 0.5) is 0 Å². The first kappa shape index (κ1) is 47.5. The summed E-state index contributed by atoms with van der Waals surface area (Å²) in [5.41, 5.74) is 12.2. The maximum atomic E-state index is 13.6. The Hall–Kier alpha value is -4.54. The smallest absolute Gasteiger partial charge is 0.303 e. The van der Waals surface area contributed by atoms with Crippen LogP contribution in [0.25, 0.3) is 44.4 Å². The number of aromatic nitrogens is 4. The Labute approximate surface area is 363 Å². The van der Waals surface area contributed by atoms with Gasteiger partial charge in [0.1, 0.15) is 0 Å². The van der Waals surface area contributed by atoms with E-state index in [4.69, 9.17) is 9.97 Å². The summed E-state index contributed by atoms with van der Waals surface area (Å²) in [6.45, 7) is 14.2. The molecule has 5 rings (SSSR count). The van der Waals surface area contributed by atoms with Crippen molar-refractivity contribution >= 4 is 56.2 Å². The fourth-order valence-corrected chi connectivity index (χ4v) is 9.12. The van der Waals surface area contributed by atoms with Crippen molar-refractivity contribution < 1.29 is 24.9 Å². The average Bonchev–Trinajstić information content (AvgIpc) is 3.88. The van der Waals surface area contributed by atoms with Gasteiger partial charge in [-0.2, -0.15) is 0 Å². The lowest BCUT2D eigenvalue weighted by Crippen LogP contribution is -2.24. The van der Waals surface area contributed by atoms with E-state index < -0.39 is 18.2 Å². The number of hydrogen-bond donors (Lipinski definition) is 6. The number of carbonyl (C=O) groups is 2. The predicted molar refractivity (Wildman–Crippen MR) is 251 cm³/mol. The standard InChI is InChI=1S/C51H73N5O5/c1-8-9-10-11-12-13-14-15-16-17-18-19-20-21-22-23-26-52-48(59)27-39-33(3)41-29-46-51(37(7)58)35(5)43(56-46)30-47-50(36(6)57)34(4)42(55-47)28-40-32(2)38(24-25-49(60)61)44(53-40)31-45(39)54-41/h28-31,36-37,55-58H,8-27H2,1-7H3,(H,52,59)(H,60,61). The van der Waals surface area contributed by atoms with Gasteiger partial charge < -0.3 is 30.6 Å². The highest BCUT2D eigenvalue weighted by Crippen LogP contribution is 2.38. The molecule has 10 heteroatoms. The zero-order valence-corrected chi connectivity index (χ0v) is 38.2. The maximum absolute atomic E-state index is 13.6. The van der Waals surface area contributed by atoms with Crippen molar-refractivity contribution in [1.82, 2.24) is 25.3 Å². The molecule has 8 bridgehead atoms. The number of carboxylic acid groups (broad SMARTS) is 1. The summed E-state index contributed by atoms with van der Waals surface area (Å²) < 4.78 is 0. The second-order valence-corrected chi connectivity index (χ2v) is 17.6. The van der Waals surface area contributed by atoms with Crippen molar-refractivity contribution in [1.29, 1.82) is 0 Å². The number of nitrogens with zero attached hydrogens (tertiary/aromatic N) is 2. The number of aromatic amines is 2. The van der Waals surface area contributed by atoms with Crippen LogP contribution in [0.1, 0.15) is 214 Å². The average molecular weight is 836 g/mol. The highest BCUT2D eigenvalue weighted by molar-refractivity contribution is 6.01. The van der Waals surface area contributed by atoms with E-state index in [1.54, 1.807) is 13.8 Å². The monoisotopic (exact) mass is 836 g/mol. The molecule has 332 valence electrons. The summed E-state index contributed by atoms with van der Waals surface area (Å²) in [7, 11) is 0. The van der Waals surface area contributed by atoms with Gasteiger partial charge in [0, 0.05) is 46.2 Å². The Kier molecular flexibility index (Phi) is 18.0. The van der Waals surface area contributed by atoms with Crippen molar-refractivity contribution in [3.05, 3.63) is 69.3 Å². The number of amides is 1. The maximum Gasteiger partial charge on any atom is 0.303 e. The molecular formula is C51H73N5O5. The van der Waals surface area contributed by atoms with Crippen molar-refractivity contribution in [3.8, 4) is 0 Å². The topological polar surface area (TPSA) is 164 Å². The van der Waals surface area contributed by atoms with Gasteiger partial charge in [0.15, 0.2) is 0 Å². The van der Waals surface area contributed by atoms with E-state index in [2.05, 4.69) is 22.2 Å². The van der Waals surface area contributed by atoms with Gasteiger partial charge in [0.05, 0.1) is 41.4 Å². The van der Waals surface area contributed by atoms with E-state index in [9.17, 15) is 24.9 Å². The molecule has 0 aliphatic carbocycles. The number of carbonyl (C=O) groups excluding carboxylic acids is 1. The van der Waals surface area contributed by atoms with Crippen LogP contribution in [0, 0.1) is 13.8 Å². The molecule has 2 unspecified atom stereocenters. The lowest BCUT2D eigenvalue weighted by atomic mass is 9.98. The summed E-state index contributed by atoms with van der Waals surface area (Å²) in [6, 6.07) is 7.73. The Morgan fingerprint density at radius 1 is 0.590 bits per heavy atom. The largest absolute Gasteiger partial charge is 0.481 e. The number of carboxylic acids is 1. The molecule has 5 heterocycles. The van der Waals surface area contributed by atoms with Gasteiger partial charge >= 0.3 is 5.97 Å². The van der Waals surface area contributed by atoms with E-state index in [-0.39, 0.29) is 25.2 Å². The van der Waals surface area contributed by atoms with Crippen LogP contribution in [0.3, 0.4) is 0 Å². The molecule has 0 spiro atoms. The number of aliphatic hydroxyl groups is 2. The van der Waals surface area contributed by atoms with Crippen molar-refractivity contribution in [2.45, 2.75) is 183 Å². The van der Waals surface area contributed by atoms with Crippen LogP contribution in [0.5, 0.6) is 0 Å². The van der Waals surface area contributed by atoms with Crippen LogP contribution < -0.4 is 5.32 Å². The van der Waals surface area contributed by atoms with Gasteiger partial charge in [0.2, 0.25) is 5.91 Å². The first-order chi connectivity index (χ1) is 29.3. The van der Waals surface area contributed by atoms with Crippen LogP contribution in [0.15, 0.2) is 24.3 Å². The minimum absolute atomic E-state index is 0.0584. The molecule has 2 atom stereocenters. The first-order valence-corrected chi connectivity index (χ1v) is 23.3. The fourth-order valence-electron chi connectivity index (χ4n) is 9.12. The zero-order chi connectivity index (χ0) is 44.1. The number of aryl methyl sites for hydroxylation is 2. The number of rotatable bonds is 24. The van der Waals surface area contributed by atoms with Gasteiger partial charge in [-0.05, 0) is 112 Å². The highest BCUT2D eigenvalue weighted by Gasteiger charge is 2.24. The molecule has 0 saturated heterocycles. The van der Waals surface area contributed by atoms with Gasteiger partial charge in [-0.1, -0.05) is 103 Å². The highest BCUT2D eigenvalue weighted by atomic mass is 16.4. The summed E-state index contributed by atoms with van der Waals surface area (Å²) in [4.78, 5) is 42.5. The van der Waals surface area contributed by atoms with Gasteiger partial charge in [0.25, 0.3) is 0 Å². The Morgan fingerprint density at radius 2 is 1.02 bits per heavy atom. The minimum atomic E-state index is -0.896. The molecule has 0 radical (unpaired) electrons. The number of fused-ring (bicyclic) bond motifs is 8. The number of nitrogens with one attached hydrogen (secondary N) is 3. The van der Waals surface area contributed by atoms with Crippen LogP contribution in [-0.2, 0) is 9.59 Å². The molecular weight excluding hydrogens is 763 g/mol. The number of hydrogen-bond acceptors (Lipinski definition) is 6. The third-order valence-corrected chi connectivity index (χ3v) is 12.7. The van der Waals surface area contributed by atoms with Crippen molar-refractivity contribution in [2.75, 3.05) is 6.54 Å². The molecule has 2 aliphatic heterocycles. The summed E-state index contributed by atoms with van der Waals surface area (Å²) in [6.07, 6.45) is 19.7. The molecule has 3 aromatic rings. The lowest BCUT2D eigenvalue weighted by molar-refractivity contribution is -0.136. The third-order valence-electron chi connectivity index (χ3n) is 12.7. The number of H-pyrrole nitrogens is 2. The molecule has 3 aromatic heterocycles. The number of allylic oxidation sites excluding steroid dienone is 3. The second-order valence-electron chi connectivity index (χ2n) is 17.6. The zero-order valence-electron chi connectivity index (χ0n) is 38.2. The number of unbranched alkanes of at least 4 members (excludes halogenated alkanes) is 15. The van der Waals surface area contributed by atoms with Crippen LogP contribution in [-0.4, -0.2) is 53.7 Å². The van der Waals surface area contributed by atoms with Gasteiger partial charge in [-0.15, -0.1) is 0 Å². The molecule has 0 aromatic carbocycles. The van der Waals surface area contributed by atoms with Crippen LogP contribution >= 0.6 is 0 Å². The van der Waals surface area contributed by atoms with Crippen molar-refractivity contribution in [3.63, 3.8) is 0 Å². The van der Waals surface area contributed by atoms with E-state index in [1.165, 1.54) is 89.9 Å². The molecule has 61 heavy (non-hydrogen) atoms. The molecule has 2 aliphatic rings. The van der Waals surface area contributed by atoms with Crippen molar-refractivity contribution in [2.24, 2.45) is 0 Å². The molecule has 6 N–H and O–H groups in total. The first-order valence-electron chi connectivity index (χ1n) is 23.3. The normalized spacial score (nSPS) is 13.9. The second kappa shape index (κ2) is 23.1.